The number of hydrogen-bond donors (Lipinski definition) is 1. The zero-order chi connectivity index (χ0) is 12.8. The molecular formula is C17H27N. The molecule has 100 valence electrons. The van der Waals surface area contributed by atoms with Crippen LogP contribution in [0.3, 0.4) is 0 Å². The minimum Gasteiger partial charge on any atom is -0.310 e. The van der Waals surface area contributed by atoms with E-state index in [9.17, 15) is 0 Å². The quantitative estimate of drug-likeness (QED) is 0.710. The Bertz CT molecular complexity index is 358. The fourth-order valence-electron chi connectivity index (χ4n) is 3.04. The fraction of sp³-hybridized carbons (Fsp3) is 0.647. The topological polar surface area (TPSA) is 12.0 Å². The first-order chi connectivity index (χ1) is 8.83. The second-order valence-corrected chi connectivity index (χ2v) is 5.67. The Morgan fingerprint density at radius 2 is 1.83 bits per heavy atom. The highest BCUT2D eigenvalue weighted by Crippen LogP contribution is 2.36. The Hall–Kier alpha value is -0.820. The summed E-state index contributed by atoms with van der Waals surface area (Å²) in [6, 6.07) is 9.58. The molecule has 0 spiro atoms. The smallest absolute Gasteiger partial charge is 0.0323 e. The lowest BCUT2D eigenvalue weighted by Gasteiger charge is -2.30. The third-order valence-electron chi connectivity index (χ3n) is 4.21. The Kier molecular flexibility index (Phi) is 5.25. The van der Waals surface area contributed by atoms with Gasteiger partial charge in [0.15, 0.2) is 0 Å². The van der Waals surface area contributed by atoms with Gasteiger partial charge in [-0.05, 0) is 42.9 Å². The van der Waals surface area contributed by atoms with Gasteiger partial charge in [0.05, 0.1) is 0 Å². The molecule has 1 nitrogen and oxygen atoms in total. The second kappa shape index (κ2) is 6.94. The summed E-state index contributed by atoms with van der Waals surface area (Å²) in [4.78, 5) is 0. The maximum atomic E-state index is 3.76. The van der Waals surface area contributed by atoms with E-state index < -0.39 is 0 Å². The van der Waals surface area contributed by atoms with Crippen molar-refractivity contribution in [2.75, 3.05) is 6.54 Å². The number of fused-ring (bicyclic) bond motifs is 1. The van der Waals surface area contributed by atoms with Gasteiger partial charge in [-0.3, -0.25) is 0 Å². The molecule has 0 saturated carbocycles. The number of unbranched alkanes of at least 4 members (excludes halogenated alkanes) is 3. The van der Waals surface area contributed by atoms with Crippen LogP contribution in [0.4, 0.5) is 0 Å². The van der Waals surface area contributed by atoms with Crippen LogP contribution in [-0.2, 0) is 0 Å². The molecule has 1 N–H and O–H groups in total. The van der Waals surface area contributed by atoms with E-state index in [1.807, 2.05) is 0 Å². The first kappa shape index (κ1) is 13.6. The summed E-state index contributed by atoms with van der Waals surface area (Å²) in [5, 5.41) is 3.76. The Morgan fingerprint density at radius 1 is 1.06 bits per heavy atom. The zero-order valence-electron chi connectivity index (χ0n) is 11.9. The van der Waals surface area contributed by atoms with Crippen LogP contribution in [0.25, 0.3) is 0 Å². The summed E-state index contributed by atoms with van der Waals surface area (Å²) < 4.78 is 0. The molecule has 1 aromatic rings. The second-order valence-electron chi connectivity index (χ2n) is 5.67. The molecule has 2 rings (SSSR count). The van der Waals surface area contributed by atoms with Crippen molar-refractivity contribution in [2.45, 2.75) is 64.3 Å². The highest BCUT2D eigenvalue weighted by molar-refractivity contribution is 5.34. The van der Waals surface area contributed by atoms with E-state index in [1.54, 1.807) is 11.1 Å². The average molecular weight is 245 g/mol. The van der Waals surface area contributed by atoms with Crippen LogP contribution in [0.5, 0.6) is 0 Å². The minimum atomic E-state index is 0.596. The largest absolute Gasteiger partial charge is 0.310 e. The first-order valence-corrected chi connectivity index (χ1v) is 7.65. The predicted molar refractivity (Wildman–Crippen MR) is 79.0 cm³/mol. The molecule has 1 heteroatoms. The molecule has 0 fully saturated rings. The highest BCUT2D eigenvalue weighted by atomic mass is 14.9. The van der Waals surface area contributed by atoms with E-state index in [-0.39, 0.29) is 0 Å². The van der Waals surface area contributed by atoms with Gasteiger partial charge in [0.2, 0.25) is 0 Å². The van der Waals surface area contributed by atoms with Crippen LogP contribution >= 0.6 is 0 Å². The molecule has 0 radical (unpaired) electrons. The van der Waals surface area contributed by atoms with Crippen molar-refractivity contribution in [2.24, 2.45) is 0 Å². The van der Waals surface area contributed by atoms with Crippen molar-refractivity contribution in [3.8, 4) is 0 Å². The van der Waals surface area contributed by atoms with Crippen LogP contribution in [0, 0.1) is 0 Å². The van der Waals surface area contributed by atoms with E-state index in [1.165, 1.54) is 45.1 Å². The number of hydrogen-bond acceptors (Lipinski definition) is 1. The molecule has 18 heavy (non-hydrogen) atoms. The molecule has 0 heterocycles. The van der Waals surface area contributed by atoms with Gasteiger partial charge in [-0.1, -0.05) is 57.4 Å². The van der Waals surface area contributed by atoms with E-state index in [0.717, 1.165) is 5.92 Å². The average Bonchev–Trinajstić information content (AvgIpc) is 2.41. The van der Waals surface area contributed by atoms with Gasteiger partial charge in [-0.15, -0.1) is 0 Å². The van der Waals surface area contributed by atoms with Gasteiger partial charge in [0.25, 0.3) is 0 Å². The van der Waals surface area contributed by atoms with Gasteiger partial charge in [0.1, 0.15) is 0 Å². The van der Waals surface area contributed by atoms with Crippen LogP contribution in [-0.4, -0.2) is 6.54 Å². The standard InChI is InChI=1S/C17H27N/c1-3-4-5-8-13-18-17-12-11-14(2)15-9-6-7-10-16(15)17/h6-7,9-10,14,17-18H,3-5,8,11-13H2,1-2H3. The molecule has 0 amide bonds. The zero-order valence-corrected chi connectivity index (χ0v) is 11.9. The number of rotatable bonds is 6. The predicted octanol–water partition coefficient (Wildman–Crippen LogP) is 4.79. The number of nitrogens with one attached hydrogen (secondary N) is 1. The summed E-state index contributed by atoms with van der Waals surface area (Å²) in [7, 11) is 0. The van der Waals surface area contributed by atoms with Gasteiger partial charge in [-0.25, -0.2) is 0 Å². The van der Waals surface area contributed by atoms with Crippen molar-refractivity contribution < 1.29 is 0 Å². The SMILES string of the molecule is CCCCCCNC1CCC(C)c2ccccc21. The molecular weight excluding hydrogens is 218 g/mol. The van der Waals surface area contributed by atoms with Crippen molar-refractivity contribution in [1.29, 1.82) is 0 Å². The van der Waals surface area contributed by atoms with Crippen molar-refractivity contribution in [1.82, 2.24) is 5.32 Å². The maximum absolute atomic E-state index is 3.76. The third kappa shape index (κ3) is 3.35. The highest BCUT2D eigenvalue weighted by Gasteiger charge is 2.23. The summed E-state index contributed by atoms with van der Waals surface area (Å²) in [6.45, 7) is 5.80. The Balaban J connectivity index is 1.89. The van der Waals surface area contributed by atoms with Crippen molar-refractivity contribution in [3.05, 3.63) is 35.4 Å². The van der Waals surface area contributed by atoms with Gasteiger partial charge >= 0.3 is 0 Å². The summed E-state index contributed by atoms with van der Waals surface area (Å²) in [5.74, 6) is 0.736. The van der Waals surface area contributed by atoms with Crippen LogP contribution in [0.15, 0.2) is 24.3 Å². The van der Waals surface area contributed by atoms with Crippen molar-refractivity contribution in [3.63, 3.8) is 0 Å². The molecule has 2 atom stereocenters. The van der Waals surface area contributed by atoms with Gasteiger partial charge in [-0.2, -0.15) is 0 Å². The van der Waals surface area contributed by atoms with E-state index >= 15 is 0 Å². The summed E-state index contributed by atoms with van der Waals surface area (Å²) in [6.07, 6.45) is 8.01. The van der Waals surface area contributed by atoms with E-state index in [0.29, 0.717) is 6.04 Å². The maximum Gasteiger partial charge on any atom is 0.0323 e. The normalized spacial score (nSPS) is 22.8. The lowest BCUT2D eigenvalue weighted by atomic mass is 9.81. The molecule has 1 aliphatic carbocycles. The fourth-order valence-corrected chi connectivity index (χ4v) is 3.04. The molecule has 1 aliphatic rings. The lowest BCUT2D eigenvalue weighted by Crippen LogP contribution is -2.27. The van der Waals surface area contributed by atoms with Crippen molar-refractivity contribution >= 4 is 0 Å². The Labute approximate surface area is 112 Å². The monoisotopic (exact) mass is 245 g/mol. The van der Waals surface area contributed by atoms with Gasteiger partial charge < -0.3 is 5.32 Å². The molecule has 0 aliphatic heterocycles. The van der Waals surface area contributed by atoms with Crippen LogP contribution < -0.4 is 5.32 Å². The first-order valence-electron chi connectivity index (χ1n) is 7.65. The van der Waals surface area contributed by atoms with E-state index in [2.05, 4.69) is 43.4 Å². The Morgan fingerprint density at radius 3 is 2.61 bits per heavy atom. The summed E-state index contributed by atoms with van der Waals surface area (Å²) >= 11 is 0. The minimum absolute atomic E-state index is 0.596. The third-order valence-corrected chi connectivity index (χ3v) is 4.21. The molecule has 0 aromatic heterocycles. The van der Waals surface area contributed by atoms with Gasteiger partial charge in [0, 0.05) is 6.04 Å². The summed E-state index contributed by atoms with van der Waals surface area (Å²) in [5.41, 5.74) is 3.11. The number of benzene rings is 1. The molecule has 2 unspecified atom stereocenters. The molecule has 0 bridgehead atoms. The van der Waals surface area contributed by atoms with E-state index in [4.69, 9.17) is 0 Å². The van der Waals surface area contributed by atoms with Crippen LogP contribution in [0.2, 0.25) is 0 Å². The lowest BCUT2D eigenvalue weighted by molar-refractivity contribution is 0.425. The molecule has 0 saturated heterocycles. The van der Waals surface area contributed by atoms with Crippen LogP contribution in [0.1, 0.15) is 75.5 Å². The molecule has 1 aromatic carbocycles.